The summed E-state index contributed by atoms with van der Waals surface area (Å²) in [4.78, 5) is 12.1. The molecule has 1 heterocycles. The second kappa shape index (κ2) is 8.61. The number of hydrogen-bond acceptors (Lipinski definition) is 4. The molecule has 27 heavy (non-hydrogen) atoms. The van der Waals surface area contributed by atoms with Gasteiger partial charge in [0, 0.05) is 0 Å². The quantitative estimate of drug-likeness (QED) is 0.724. The molecule has 1 N–H and O–H groups in total. The van der Waals surface area contributed by atoms with Gasteiger partial charge < -0.3 is 19.5 Å². The summed E-state index contributed by atoms with van der Waals surface area (Å²) >= 11 is 0. The third kappa shape index (κ3) is 6.75. The Kier molecular flexibility index (Phi) is 6.22. The average Bonchev–Trinajstić information content (AvgIpc) is 3.45. The first-order valence-corrected chi connectivity index (χ1v) is 9.55. The van der Waals surface area contributed by atoms with Gasteiger partial charge in [0.1, 0.15) is 24.1 Å². The van der Waals surface area contributed by atoms with Crippen molar-refractivity contribution in [2.24, 2.45) is 5.92 Å². The maximum Gasteiger partial charge on any atom is 0.407 e. The van der Waals surface area contributed by atoms with Crippen LogP contribution in [0.5, 0.6) is 0 Å². The molecule has 0 spiro atoms. The number of benzene rings is 1. The van der Waals surface area contributed by atoms with Crippen LogP contribution in [0.15, 0.2) is 54.3 Å². The van der Waals surface area contributed by atoms with E-state index in [-0.39, 0.29) is 18.2 Å². The lowest BCUT2D eigenvalue weighted by Crippen LogP contribution is -2.43. The summed E-state index contributed by atoms with van der Waals surface area (Å²) < 4.78 is 16.6. The van der Waals surface area contributed by atoms with Crippen LogP contribution in [0.25, 0.3) is 0 Å². The Balaban J connectivity index is 1.46. The number of rotatable bonds is 7. The van der Waals surface area contributed by atoms with Gasteiger partial charge in [0.15, 0.2) is 0 Å². The average molecular weight is 371 g/mol. The Morgan fingerprint density at radius 1 is 1.30 bits per heavy atom. The van der Waals surface area contributed by atoms with E-state index in [1.807, 2.05) is 45.0 Å². The number of hydrogen-bond donors (Lipinski definition) is 1. The number of carbonyl (C=O) groups excluding carboxylic acids is 1. The molecule has 3 atom stereocenters. The third-order valence-electron chi connectivity index (χ3n) is 4.47. The van der Waals surface area contributed by atoms with Gasteiger partial charge in [-0.1, -0.05) is 36.4 Å². The molecule has 0 radical (unpaired) electrons. The topological polar surface area (TPSA) is 60.1 Å². The number of alkyl carbamates (subject to hydrolysis) is 1. The molecule has 3 rings (SSSR count). The smallest absolute Gasteiger partial charge is 0.407 e. The molecule has 1 aromatic carbocycles. The molecule has 0 saturated carbocycles. The zero-order valence-electron chi connectivity index (χ0n) is 16.3. The van der Waals surface area contributed by atoms with Crippen LogP contribution in [0, 0.1) is 5.92 Å². The van der Waals surface area contributed by atoms with E-state index in [9.17, 15) is 4.79 Å². The zero-order valence-corrected chi connectivity index (χ0v) is 16.3. The lowest BCUT2D eigenvalue weighted by molar-refractivity contribution is 0.0488. The van der Waals surface area contributed by atoms with E-state index in [2.05, 4.69) is 29.6 Å². The molecular weight excluding hydrogens is 342 g/mol. The van der Waals surface area contributed by atoms with Crippen LogP contribution in [0.1, 0.15) is 39.2 Å². The Labute approximate surface area is 161 Å². The van der Waals surface area contributed by atoms with Crippen molar-refractivity contribution in [3.05, 3.63) is 59.9 Å². The van der Waals surface area contributed by atoms with E-state index in [0.29, 0.717) is 19.1 Å². The first-order chi connectivity index (χ1) is 12.9. The summed E-state index contributed by atoms with van der Waals surface area (Å²) in [6, 6.07) is 10.1. The third-order valence-corrected chi connectivity index (χ3v) is 4.47. The van der Waals surface area contributed by atoms with Crippen molar-refractivity contribution in [1.29, 1.82) is 0 Å². The van der Waals surface area contributed by atoms with Crippen molar-refractivity contribution < 1.29 is 19.0 Å². The molecule has 5 heteroatoms. The van der Waals surface area contributed by atoms with Crippen LogP contribution in [0.4, 0.5) is 4.79 Å². The summed E-state index contributed by atoms with van der Waals surface area (Å²) in [7, 11) is 0. The van der Waals surface area contributed by atoms with Crippen molar-refractivity contribution in [3.63, 3.8) is 0 Å². The van der Waals surface area contributed by atoms with Crippen molar-refractivity contribution in [2.75, 3.05) is 6.61 Å². The number of epoxide rings is 1. The van der Waals surface area contributed by atoms with Crippen LogP contribution in [-0.4, -0.2) is 30.4 Å². The molecule has 1 aliphatic carbocycles. The van der Waals surface area contributed by atoms with E-state index < -0.39 is 5.60 Å². The first-order valence-electron chi connectivity index (χ1n) is 9.55. The Morgan fingerprint density at radius 3 is 2.63 bits per heavy atom. The van der Waals surface area contributed by atoms with Crippen LogP contribution in [0.2, 0.25) is 0 Å². The second-order valence-corrected chi connectivity index (χ2v) is 8.10. The molecule has 0 bridgehead atoms. The normalized spacial score (nSPS) is 22.6. The van der Waals surface area contributed by atoms with E-state index >= 15 is 0 Å². The number of allylic oxidation sites excluding steroid dienone is 3. The minimum atomic E-state index is -0.502. The van der Waals surface area contributed by atoms with E-state index in [1.54, 1.807) is 0 Å². The predicted molar refractivity (Wildman–Crippen MR) is 104 cm³/mol. The summed E-state index contributed by atoms with van der Waals surface area (Å²) in [6.45, 7) is 6.85. The minimum Gasteiger partial charge on any atom is -0.489 e. The maximum atomic E-state index is 12.1. The van der Waals surface area contributed by atoms with Gasteiger partial charge in [-0.25, -0.2) is 4.79 Å². The highest BCUT2D eigenvalue weighted by atomic mass is 16.6. The molecule has 1 fully saturated rings. The molecule has 0 aromatic heterocycles. The Bertz CT molecular complexity index is 686. The minimum absolute atomic E-state index is 0.0327. The van der Waals surface area contributed by atoms with Crippen molar-refractivity contribution in [2.45, 2.75) is 58.0 Å². The fourth-order valence-electron chi connectivity index (χ4n) is 3.04. The van der Waals surface area contributed by atoms with Gasteiger partial charge in [-0.2, -0.15) is 0 Å². The molecule has 1 aromatic rings. The lowest BCUT2D eigenvalue weighted by atomic mass is 9.91. The van der Waals surface area contributed by atoms with Crippen LogP contribution in [0.3, 0.4) is 0 Å². The number of carbonyl (C=O) groups is 1. The highest BCUT2D eigenvalue weighted by Crippen LogP contribution is 2.27. The Hall–Kier alpha value is -2.27. The fourth-order valence-corrected chi connectivity index (χ4v) is 3.04. The van der Waals surface area contributed by atoms with Crippen LogP contribution >= 0.6 is 0 Å². The molecule has 5 nitrogen and oxygen atoms in total. The Morgan fingerprint density at radius 2 is 2.04 bits per heavy atom. The van der Waals surface area contributed by atoms with E-state index in [0.717, 1.165) is 24.2 Å². The van der Waals surface area contributed by atoms with Crippen molar-refractivity contribution >= 4 is 6.09 Å². The number of ether oxygens (including phenoxy) is 3. The number of nitrogens with one attached hydrogen (secondary N) is 1. The molecule has 2 aliphatic rings. The van der Waals surface area contributed by atoms with E-state index in [1.165, 1.54) is 0 Å². The molecule has 146 valence electrons. The van der Waals surface area contributed by atoms with Crippen LogP contribution in [-0.2, 0) is 20.8 Å². The van der Waals surface area contributed by atoms with Gasteiger partial charge in [-0.05, 0) is 57.2 Å². The zero-order chi connectivity index (χ0) is 19.3. The highest BCUT2D eigenvalue weighted by Gasteiger charge is 2.36. The van der Waals surface area contributed by atoms with E-state index in [4.69, 9.17) is 14.2 Å². The number of amides is 1. The summed E-state index contributed by atoms with van der Waals surface area (Å²) in [5.41, 5.74) is 0.652. The largest absolute Gasteiger partial charge is 0.489 e. The van der Waals surface area contributed by atoms with Crippen molar-refractivity contribution in [1.82, 2.24) is 5.32 Å². The fraction of sp³-hybridized carbons (Fsp3) is 0.500. The molecule has 1 unspecified atom stereocenters. The first kappa shape index (κ1) is 19.5. The highest BCUT2D eigenvalue weighted by molar-refractivity contribution is 5.68. The molecule has 1 amide bonds. The monoisotopic (exact) mass is 371 g/mol. The summed E-state index contributed by atoms with van der Waals surface area (Å²) in [5.74, 6) is 1.24. The molecule has 1 aliphatic heterocycles. The maximum absolute atomic E-state index is 12.1. The van der Waals surface area contributed by atoms with Gasteiger partial charge in [-0.15, -0.1) is 0 Å². The standard InChI is InChI=1S/C22H29NO4/c1-22(2,3)27-21(24)23-19(20-15-26-20)13-16-9-11-18(12-10-16)25-14-17-7-5-4-6-8-17/h4-9,11-12,16,19-20H,10,13-15H2,1-3H3,(H,23,24)/t16?,19-,20+/m0/s1. The lowest BCUT2D eigenvalue weighted by Gasteiger charge is -2.25. The summed E-state index contributed by atoms with van der Waals surface area (Å²) in [5, 5.41) is 2.97. The van der Waals surface area contributed by atoms with Gasteiger partial charge in [0.05, 0.1) is 12.6 Å². The van der Waals surface area contributed by atoms with Gasteiger partial charge in [0.2, 0.25) is 0 Å². The summed E-state index contributed by atoms with van der Waals surface area (Å²) in [6.07, 6.45) is 7.71. The van der Waals surface area contributed by atoms with Crippen molar-refractivity contribution in [3.8, 4) is 0 Å². The molecule has 1 saturated heterocycles. The molecular formula is C22H29NO4. The predicted octanol–water partition coefficient (Wildman–Crippen LogP) is 4.35. The van der Waals surface area contributed by atoms with Gasteiger partial charge in [0.25, 0.3) is 0 Å². The second-order valence-electron chi connectivity index (χ2n) is 8.10. The van der Waals surface area contributed by atoms with Crippen LogP contribution < -0.4 is 5.32 Å². The van der Waals surface area contributed by atoms with Gasteiger partial charge >= 0.3 is 6.09 Å². The van der Waals surface area contributed by atoms with Gasteiger partial charge in [-0.3, -0.25) is 0 Å². The SMILES string of the molecule is CC(C)(C)OC(=O)N[C@@H](CC1C=CC(OCc2ccccc2)=CC1)[C@H]1CO1.